The van der Waals surface area contributed by atoms with E-state index in [2.05, 4.69) is 54.1 Å². The van der Waals surface area contributed by atoms with Crippen molar-refractivity contribution in [2.45, 2.75) is 93.5 Å². The number of piperidine rings is 1. The van der Waals surface area contributed by atoms with Crippen molar-refractivity contribution in [2.24, 2.45) is 11.3 Å². The summed E-state index contributed by atoms with van der Waals surface area (Å²) in [6.45, 7) is 4.65. The van der Waals surface area contributed by atoms with Crippen molar-refractivity contribution in [2.75, 3.05) is 49.6 Å². The molecule has 1 amide bonds. The Labute approximate surface area is 367 Å². The summed E-state index contributed by atoms with van der Waals surface area (Å²) in [4.78, 5) is 37.8. The van der Waals surface area contributed by atoms with Crippen LogP contribution < -0.4 is 19.7 Å². The summed E-state index contributed by atoms with van der Waals surface area (Å²) in [6.07, 6.45) is 15.9. The number of pyridine rings is 1. The second-order valence-electron chi connectivity index (χ2n) is 18.4. The highest BCUT2D eigenvalue weighted by Crippen LogP contribution is 2.52. The van der Waals surface area contributed by atoms with Gasteiger partial charge < -0.3 is 24.7 Å². The van der Waals surface area contributed by atoms with Gasteiger partial charge in [0.15, 0.2) is 0 Å². The van der Waals surface area contributed by atoms with Gasteiger partial charge in [0.05, 0.1) is 21.6 Å². The van der Waals surface area contributed by atoms with Gasteiger partial charge in [-0.05, 0) is 142 Å². The maximum atomic E-state index is 14.0. The molecule has 2 aliphatic carbocycles. The molecule has 2 atom stereocenters. The van der Waals surface area contributed by atoms with Crippen LogP contribution >= 0.6 is 0 Å². The molecule has 2 saturated carbocycles. The van der Waals surface area contributed by atoms with Crippen LogP contribution in [0, 0.1) is 21.4 Å². The fourth-order valence-electron chi connectivity index (χ4n) is 10.8. The van der Waals surface area contributed by atoms with Gasteiger partial charge in [-0.3, -0.25) is 19.8 Å². The number of carbonyl (C=O) groups excluding carboxylic acids is 1. The molecular weight excluding hydrogens is 819 g/mol. The lowest BCUT2D eigenvalue weighted by atomic mass is 9.76. The van der Waals surface area contributed by atoms with Crippen LogP contribution in [0.2, 0.25) is 0 Å². The highest BCUT2D eigenvalue weighted by Gasteiger charge is 2.46. The topological polar surface area (TPSA) is 172 Å². The zero-order valence-electron chi connectivity index (χ0n) is 35.5. The van der Waals surface area contributed by atoms with Gasteiger partial charge in [-0.15, -0.1) is 0 Å². The first-order valence-corrected chi connectivity index (χ1v) is 24.1. The molecule has 63 heavy (non-hydrogen) atoms. The number of rotatable bonds is 13. The third-order valence-corrected chi connectivity index (χ3v) is 15.8. The number of aromatic amines is 1. The number of sulfonamides is 1. The van der Waals surface area contributed by atoms with Crippen molar-refractivity contribution in [1.29, 1.82) is 0 Å². The second kappa shape index (κ2) is 17.2. The van der Waals surface area contributed by atoms with Crippen molar-refractivity contribution in [3.05, 3.63) is 112 Å². The molecule has 0 bridgehead atoms. The molecule has 15 heteroatoms. The first-order chi connectivity index (χ1) is 30.6. The fraction of sp³-hybridized carbons (Fsp3) is 0.458. The van der Waals surface area contributed by atoms with E-state index in [1.54, 1.807) is 41.7 Å². The minimum absolute atomic E-state index is 0.00344. The zero-order valence-corrected chi connectivity index (χ0v) is 36.3. The number of nitrogens with zero attached hydrogens (tertiary/aromatic N) is 4. The summed E-state index contributed by atoms with van der Waals surface area (Å²) >= 11 is 0. The minimum atomic E-state index is -4.54. The van der Waals surface area contributed by atoms with Crippen LogP contribution in [-0.2, 0) is 14.8 Å². The number of hydrogen-bond acceptors (Lipinski definition) is 11. The van der Waals surface area contributed by atoms with Crippen LogP contribution in [0.3, 0.4) is 0 Å². The van der Waals surface area contributed by atoms with E-state index in [0.29, 0.717) is 48.7 Å². The largest absolute Gasteiger partial charge is 0.455 e. The maximum absolute atomic E-state index is 14.0. The Kier molecular flexibility index (Phi) is 11.3. The first kappa shape index (κ1) is 41.5. The van der Waals surface area contributed by atoms with E-state index in [1.807, 2.05) is 12.1 Å². The lowest BCUT2D eigenvalue weighted by Gasteiger charge is -2.41. The molecule has 3 aliphatic heterocycles. The highest BCUT2D eigenvalue weighted by molar-refractivity contribution is 7.90. The van der Waals surface area contributed by atoms with Crippen LogP contribution in [0.1, 0.15) is 104 Å². The van der Waals surface area contributed by atoms with E-state index in [-0.39, 0.29) is 22.9 Å². The highest BCUT2D eigenvalue weighted by atomic mass is 32.2. The average molecular weight is 874 g/mol. The Hall–Kier alpha value is -5.51. The summed E-state index contributed by atoms with van der Waals surface area (Å²) in [5, 5.41) is 16.0. The van der Waals surface area contributed by atoms with Crippen LogP contribution in [0.15, 0.2) is 90.1 Å². The van der Waals surface area contributed by atoms with E-state index >= 15 is 0 Å². The molecule has 1 spiro atoms. The smallest absolute Gasteiger partial charge is 0.293 e. The first-order valence-electron chi connectivity index (χ1n) is 22.6. The van der Waals surface area contributed by atoms with Gasteiger partial charge in [-0.1, -0.05) is 24.3 Å². The van der Waals surface area contributed by atoms with E-state index in [4.69, 9.17) is 9.47 Å². The third kappa shape index (κ3) is 8.75. The van der Waals surface area contributed by atoms with Gasteiger partial charge in [0.1, 0.15) is 22.8 Å². The Morgan fingerprint density at radius 2 is 1.75 bits per heavy atom. The van der Waals surface area contributed by atoms with Crippen LogP contribution in [0.25, 0.3) is 11.0 Å². The number of aromatic nitrogens is 2. The summed E-state index contributed by atoms with van der Waals surface area (Å²) in [5.74, 6) is 0.652. The molecule has 2 aromatic heterocycles. The van der Waals surface area contributed by atoms with Crippen molar-refractivity contribution >= 4 is 44.0 Å². The molecule has 0 radical (unpaired) electrons. The van der Waals surface area contributed by atoms with Gasteiger partial charge in [-0.2, -0.15) is 0 Å². The summed E-state index contributed by atoms with van der Waals surface area (Å²) in [5.41, 5.74) is 4.80. The Balaban J connectivity index is 0.850. The fourth-order valence-corrected chi connectivity index (χ4v) is 11.8. The molecule has 5 fully saturated rings. The zero-order chi connectivity index (χ0) is 43.1. The summed E-state index contributed by atoms with van der Waals surface area (Å²) in [6, 6.07) is 22.8. The second-order valence-corrected chi connectivity index (χ2v) is 20.0. The average Bonchev–Trinajstić information content (AvgIpc) is 3.62. The number of fused-ring (bicyclic) bond motifs is 1. The number of carbonyl (C=O) groups is 1. The van der Waals surface area contributed by atoms with Gasteiger partial charge in [0, 0.05) is 74.3 Å². The van der Waals surface area contributed by atoms with E-state index < -0.39 is 31.4 Å². The minimum Gasteiger partial charge on any atom is -0.455 e. The van der Waals surface area contributed by atoms with Gasteiger partial charge in [0.25, 0.3) is 21.6 Å². The molecule has 3 saturated heterocycles. The van der Waals surface area contributed by atoms with E-state index in [1.165, 1.54) is 63.6 Å². The third-order valence-electron chi connectivity index (χ3n) is 14.4. The van der Waals surface area contributed by atoms with Crippen molar-refractivity contribution in [3.8, 4) is 11.5 Å². The lowest BCUT2D eigenvalue weighted by Crippen LogP contribution is -2.40. The number of H-pyrrole nitrogens is 1. The van der Waals surface area contributed by atoms with Gasteiger partial charge >= 0.3 is 0 Å². The predicted molar refractivity (Wildman–Crippen MR) is 241 cm³/mol. The van der Waals surface area contributed by atoms with Gasteiger partial charge in [0.2, 0.25) is 0 Å². The number of benzene rings is 3. The number of nitro benzene ring substituents is 1. The van der Waals surface area contributed by atoms with Crippen LogP contribution in [0.5, 0.6) is 11.5 Å². The number of likely N-dealkylation sites (tertiary alicyclic amines) is 1. The molecule has 5 aromatic rings. The molecule has 5 aliphatic rings. The SMILES string of the molecule is O=C(NS(=O)(=O)c1ccc(NCC2CCOCC2)c([N+](=O)[O-])c1)c1ccc(N2CCC3(CC[C@@H](N4CCC[C@H]4c4ccccc4C4CC4)C3)CC2)cc1Oc1cnc2[nH]ccc2c1. The molecule has 5 heterocycles. The Morgan fingerprint density at radius 3 is 2.54 bits per heavy atom. The molecular formula is C48H55N7O7S. The molecule has 10 rings (SSSR count). The molecule has 330 valence electrons. The van der Waals surface area contributed by atoms with Crippen LogP contribution in [0.4, 0.5) is 17.1 Å². The monoisotopic (exact) mass is 873 g/mol. The maximum Gasteiger partial charge on any atom is 0.293 e. The summed E-state index contributed by atoms with van der Waals surface area (Å²) in [7, 11) is -4.54. The molecule has 0 unspecified atom stereocenters. The Bertz CT molecular complexity index is 2620. The van der Waals surface area contributed by atoms with E-state index in [9.17, 15) is 23.3 Å². The normalized spacial score (nSPS) is 21.8. The molecule has 3 aromatic carbocycles. The predicted octanol–water partition coefficient (Wildman–Crippen LogP) is 9.07. The quantitative estimate of drug-likeness (QED) is 0.0761. The number of ether oxygens (including phenoxy) is 2. The molecule has 14 nitrogen and oxygen atoms in total. The van der Waals surface area contributed by atoms with Crippen LogP contribution in [-0.4, -0.2) is 79.6 Å². The summed E-state index contributed by atoms with van der Waals surface area (Å²) < 4.78 is 41.4. The number of nitro groups is 1. The number of anilines is 2. The van der Waals surface area contributed by atoms with Gasteiger partial charge in [-0.25, -0.2) is 18.1 Å². The van der Waals surface area contributed by atoms with Crippen molar-refractivity contribution in [3.63, 3.8) is 0 Å². The number of amides is 1. The Morgan fingerprint density at radius 1 is 0.937 bits per heavy atom. The number of hydrogen-bond donors (Lipinski definition) is 3. The lowest BCUT2D eigenvalue weighted by molar-refractivity contribution is -0.384. The van der Waals surface area contributed by atoms with Crippen molar-refractivity contribution < 1.29 is 27.6 Å². The standard InChI is InChI=1S/C48H55N7O7S/c56-47(52-63(59,60)38-10-12-42(44(28-38)55(57)58)50-30-32-15-24-61-25-16-32)41-11-9-35(27-45(41)62-37-26-34-14-20-49-46(34)51-31-37)53-22-18-48(19-23-53)17-13-36(29-48)54-21-3-6-43(54)40-5-2-1-4-39(40)33-7-8-33/h1-2,4-5,9-12,14,20,26-28,31-33,36,43,50H,3,6-8,13,15-19,21-25,29-30H2,(H,49,51)(H,52,56)/t36-,43+/m1/s1. The van der Waals surface area contributed by atoms with Crippen molar-refractivity contribution in [1.82, 2.24) is 19.6 Å². The number of nitrogens with one attached hydrogen (secondary N) is 3. The molecule has 3 N–H and O–H groups in total. The van der Waals surface area contributed by atoms with E-state index in [0.717, 1.165) is 61.8 Å².